The Bertz CT molecular complexity index is 766. The van der Waals surface area contributed by atoms with Gasteiger partial charge in [-0.1, -0.05) is 57.0 Å². The summed E-state index contributed by atoms with van der Waals surface area (Å²) in [6, 6.07) is 14.2. The molecule has 0 atom stereocenters. The number of carbonyl (C=O) groups is 1. The van der Waals surface area contributed by atoms with Gasteiger partial charge in [0, 0.05) is 22.3 Å². The maximum absolute atomic E-state index is 12.8. The van der Waals surface area contributed by atoms with Gasteiger partial charge in [-0.25, -0.2) is 0 Å². The highest BCUT2D eigenvalue weighted by Crippen LogP contribution is 2.23. The minimum atomic E-state index is 0.0429. The van der Waals surface area contributed by atoms with E-state index in [9.17, 15) is 4.79 Å². The van der Waals surface area contributed by atoms with Gasteiger partial charge in [-0.05, 0) is 43.7 Å². The van der Waals surface area contributed by atoms with Crippen molar-refractivity contribution in [1.82, 2.24) is 4.90 Å². The first kappa shape index (κ1) is 17.2. The van der Waals surface area contributed by atoms with Crippen molar-refractivity contribution >= 4 is 38.8 Å². The van der Waals surface area contributed by atoms with Crippen molar-refractivity contribution in [3.05, 3.63) is 69.2 Å². The molecule has 2 aromatic rings. The van der Waals surface area contributed by atoms with Crippen molar-refractivity contribution in [2.45, 2.75) is 19.6 Å². The van der Waals surface area contributed by atoms with Crippen LogP contribution in [0.1, 0.15) is 27.0 Å². The van der Waals surface area contributed by atoms with Crippen molar-refractivity contribution in [2.75, 3.05) is 13.1 Å². The Morgan fingerprint density at radius 1 is 1.17 bits per heavy atom. The Kier molecular flexibility index (Phi) is 5.41. The van der Waals surface area contributed by atoms with E-state index in [-0.39, 0.29) is 5.91 Å². The Morgan fingerprint density at radius 2 is 1.83 bits per heavy atom. The summed E-state index contributed by atoms with van der Waals surface area (Å²) in [5, 5.41) is 0.821. The van der Waals surface area contributed by atoms with E-state index in [2.05, 4.69) is 39.1 Å². The van der Waals surface area contributed by atoms with Crippen LogP contribution in [0.5, 0.6) is 0 Å². The van der Waals surface area contributed by atoms with Gasteiger partial charge in [0.2, 0.25) is 0 Å². The molecule has 0 N–H and O–H groups in total. The smallest absolute Gasteiger partial charge is 0.259 e. The van der Waals surface area contributed by atoms with E-state index in [0.717, 1.165) is 32.1 Å². The monoisotopic (exact) mass is 402 g/mol. The quantitative estimate of drug-likeness (QED) is 0.737. The Hall–Kier alpha value is -1.59. The van der Waals surface area contributed by atoms with Crippen LogP contribution in [0.25, 0.3) is 0 Å². The molecule has 24 heavy (non-hydrogen) atoms. The van der Waals surface area contributed by atoms with Crippen LogP contribution >= 0.6 is 27.7 Å². The molecule has 0 bridgehead atoms. The van der Waals surface area contributed by atoms with Gasteiger partial charge in [-0.2, -0.15) is 0 Å². The lowest BCUT2D eigenvalue weighted by molar-refractivity contribution is 0.0860. The van der Waals surface area contributed by atoms with Gasteiger partial charge in [0.05, 0.1) is 6.54 Å². The number of amidine groups is 1. The summed E-state index contributed by atoms with van der Waals surface area (Å²) in [5.74, 6) is 0.851. The van der Waals surface area contributed by atoms with E-state index >= 15 is 0 Å². The summed E-state index contributed by atoms with van der Waals surface area (Å²) in [7, 11) is 0. The zero-order valence-electron chi connectivity index (χ0n) is 13.8. The molecular weight excluding hydrogens is 384 g/mol. The largest absolute Gasteiger partial charge is 0.286 e. The molecule has 1 heterocycles. The van der Waals surface area contributed by atoms with Gasteiger partial charge in [-0.3, -0.25) is 14.7 Å². The molecule has 124 valence electrons. The van der Waals surface area contributed by atoms with Gasteiger partial charge < -0.3 is 0 Å². The van der Waals surface area contributed by atoms with Crippen molar-refractivity contribution in [2.24, 2.45) is 4.99 Å². The van der Waals surface area contributed by atoms with Gasteiger partial charge in [-0.15, -0.1) is 0 Å². The van der Waals surface area contributed by atoms with Crippen LogP contribution in [-0.4, -0.2) is 29.1 Å². The molecule has 1 aliphatic rings. The number of hydrogen-bond donors (Lipinski definition) is 0. The highest BCUT2D eigenvalue weighted by molar-refractivity contribution is 9.10. The van der Waals surface area contributed by atoms with Gasteiger partial charge in [0.25, 0.3) is 5.91 Å². The van der Waals surface area contributed by atoms with Gasteiger partial charge in [0.1, 0.15) is 0 Å². The summed E-state index contributed by atoms with van der Waals surface area (Å²) < 4.78 is 1.07. The van der Waals surface area contributed by atoms with Crippen molar-refractivity contribution in [1.29, 1.82) is 0 Å². The fourth-order valence-electron chi connectivity index (χ4n) is 2.72. The fourth-order valence-corrected chi connectivity index (χ4v) is 3.99. The lowest BCUT2D eigenvalue weighted by atomic mass is 10.1. The number of aliphatic imine (C=N–C) groups is 1. The molecule has 0 fully saturated rings. The van der Waals surface area contributed by atoms with Crippen LogP contribution in [0.4, 0.5) is 0 Å². The average molecular weight is 403 g/mol. The lowest BCUT2D eigenvalue weighted by Gasteiger charge is -2.18. The van der Waals surface area contributed by atoms with E-state index in [4.69, 9.17) is 0 Å². The second-order valence-electron chi connectivity index (χ2n) is 5.91. The molecule has 2 aromatic carbocycles. The van der Waals surface area contributed by atoms with Crippen molar-refractivity contribution in [3.8, 4) is 0 Å². The number of nitrogens with zero attached hydrogens (tertiary/aromatic N) is 2. The zero-order chi connectivity index (χ0) is 17.1. The second kappa shape index (κ2) is 7.53. The molecule has 3 nitrogen and oxygen atoms in total. The standard InChI is InChI=1S/C19H19BrN2OS/c1-13-9-14(2)11-16(10-13)18(23)22-8-7-21-19(22)24-12-15-3-5-17(20)6-4-15/h3-6,9-11H,7-8,12H2,1-2H3. The zero-order valence-corrected chi connectivity index (χ0v) is 16.2. The van der Waals surface area contributed by atoms with Crippen LogP contribution in [0.3, 0.4) is 0 Å². The van der Waals surface area contributed by atoms with Crippen LogP contribution in [0.15, 0.2) is 51.9 Å². The maximum atomic E-state index is 12.8. The first-order chi connectivity index (χ1) is 11.5. The van der Waals surface area contributed by atoms with E-state index < -0.39 is 0 Å². The summed E-state index contributed by atoms with van der Waals surface area (Å²) in [5.41, 5.74) is 4.18. The van der Waals surface area contributed by atoms with Crippen LogP contribution < -0.4 is 0 Å². The molecule has 1 amide bonds. The van der Waals surface area contributed by atoms with E-state index in [1.807, 2.05) is 38.1 Å². The van der Waals surface area contributed by atoms with E-state index in [1.54, 1.807) is 16.7 Å². The van der Waals surface area contributed by atoms with Crippen molar-refractivity contribution < 1.29 is 4.79 Å². The number of hydrogen-bond acceptors (Lipinski definition) is 3. The molecule has 0 radical (unpaired) electrons. The summed E-state index contributed by atoms with van der Waals surface area (Å²) in [6.07, 6.45) is 0. The number of benzene rings is 2. The molecule has 0 saturated carbocycles. The molecule has 0 saturated heterocycles. The number of carbonyl (C=O) groups excluding carboxylic acids is 1. The van der Waals surface area contributed by atoms with Crippen molar-refractivity contribution in [3.63, 3.8) is 0 Å². The topological polar surface area (TPSA) is 32.7 Å². The summed E-state index contributed by atoms with van der Waals surface area (Å²) in [6.45, 7) is 5.38. The van der Waals surface area contributed by atoms with E-state index in [0.29, 0.717) is 13.1 Å². The number of halogens is 1. The summed E-state index contributed by atoms with van der Waals surface area (Å²) >= 11 is 5.07. The number of thioether (sulfide) groups is 1. The lowest BCUT2D eigenvalue weighted by Crippen LogP contribution is -2.33. The normalized spacial score (nSPS) is 14.0. The first-order valence-corrected chi connectivity index (χ1v) is 9.62. The predicted octanol–water partition coefficient (Wildman–Crippen LogP) is 4.81. The Balaban J connectivity index is 1.70. The molecule has 5 heteroatoms. The number of rotatable bonds is 3. The molecule has 0 spiro atoms. The minimum Gasteiger partial charge on any atom is -0.286 e. The highest BCUT2D eigenvalue weighted by atomic mass is 79.9. The highest BCUT2D eigenvalue weighted by Gasteiger charge is 2.25. The minimum absolute atomic E-state index is 0.0429. The average Bonchev–Trinajstić information content (AvgIpc) is 3.01. The SMILES string of the molecule is Cc1cc(C)cc(C(=O)N2CCN=C2SCc2ccc(Br)cc2)c1. The van der Waals surface area contributed by atoms with E-state index in [1.165, 1.54) is 5.56 Å². The molecule has 3 rings (SSSR count). The first-order valence-electron chi connectivity index (χ1n) is 7.85. The Labute approximate surface area is 155 Å². The number of amides is 1. The fraction of sp³-hybridized carbons (Fsp3) is 0.263. The maximum Gasteiger partial charge on any atom is 0.259 e. The van der Waals surface area contributed by atoms with Gasteiger partial charge in [0.15, 0.2) is 5.17 Å². The van der Waals surface area contributed by atoms with Crippen LogP contribution in [0, 0.1) is 13.8 Å². The van der Waals surface area contributed by atoms with Gasteiger partial charge >= 0.3 is 0 Å². The molecule has 0 aliphatic carbocycles. The third-order valence-electron chi connectivity index (χ3n) is 3.80. The number of aryl methyl sites for hydroxylation is 2. The van der Waals surface area contributed by atoms with Crippen LogP contribution in [0.2, 0.25) is 0 Å². The molecule has 1 aliphatic heterocycles. The van der Waals surface area contributed by atoms with Crippen LogP contribution in [-0.2, 0) is 5.75 Å². The summed E-state index contributed by atoms with van der Waals surface area (Å²) in [4.78, 5) is 19.2. The molecule has 0 unspecified atom stereocenters. The third kappa shape index (κ3) is 4.08. The second-order valence-corrected chi connectivity index (χ2v) is 7.77. The molecule has 0 aromatic heterocycles. The Morgan fingerprint density at radius 3 is 2.50 bits per heavy atom. The predicted molar refractivity (Wildman–Crippen MR) is 105 cm³/mol. The third-order valence-corrected chi connectivity index (χ3v) is 5.41. The molecular formula is C19H19BrN2OS.